The Bertz CT molecular complexity index is 979. The summed E-state index contributed by atoms with van der Waals surface area (Å²) in [5, 5.41) is 8.72. The van der Waals surface area contributed by atoms with Crippen LogP contribution in [0.2, 0.25) is 0 Å². The highest BCUT2D eigenvalue weighted by molar-refractivity contribution is 9.10. The maximum atomic E-state index is 12.7. The number of hydrogen-bond donors (Lipinski definition) is 1. The van der Waals surface area contributed by atoms with Crippen LogP contribution in [0.15, 0.2) is 45.8 Å². The van der Waals surface area contributed by atoms with Gasteiger partial charge in [-0.2, -0.15) is 8.42 Å². The molecule has 138 valence electrons. The molecule has 8 heteroatoms. The number of benzene rings is 2. The molecule has 0 heterocycles. The Morgan fingerprint density at radius 2 is 1.88 bits per heavy atom. The molecule has 1 N–H and O–H groups in total. The minimum Gasteiger partial charge on any atom is -0.493 e. The second kappa shape index (κ2) is 7.92. The smallest absolute Gasteiger partial charge is 0.339 e. The second-order valence-electron chi connectivity index (χ2n) is 5.51. The van der Waals surface area contributed by atoms with Crippen molar-refractivity contribution in [2.75, 3.05) is 7.11 Å². The summed E-state index contributed by atoms with van der Waals surface area (Å²) in [4.78, 5) is 10.7. The molecule has 0 aliphatic rings. The molecule has 2 aromatic rings. The van der Waals surface area contributed by atoms with E-state index in [4.69, 9.17) is 14.0 Å². The second-order valence-corrected chi connectivity index (χ2v) is 7.88. The molecule has 0 aliphatic heterocycles. The lowest BCUT2D eigenvalue weighted by Crippen LogP contribution is -2.12. The van der Waals surface area contributed by atoms with Gasteiger partial charge in [0, 0.05) is 6.08 Å². The van der Waals surface area contributed by atoms with Crippen LogP contribution >= 0.6 is 15.9 Å². The van der Waals surface area contributed by atoms with Crippen LogP contribution in [0.3, 0.4) is 0 Å². The molecule has 0 saturated carbocycles. The predicted octanol–water partition coefficient (Wildman–Crippen LogP) is 3.94. The molecule has 0 aromatic heterocycles. The minimum absolute atomic E-state index is 0.0139. The fourth-order valence-corrected chi connectivity index (χ4v) is 4.14. The van der Waals surface area contributed by atoms with Crippen LogP contribution in [-0.2, 0) is 14.9 Å². The van der Waals surface area contributed by atoms with E-state index in [2.05, 4.69) is 15.9 Å². The van der Waals surface area contributed by atoms with Gasteiger partial charge in [-0.3, -0.25) is 0 Å². The molecule has 0 saturated heterocycles. The van der Waals surface area contributed by atoms with Gasteiger partial charge in [-0.25, -0.2) is 4.79 Å². The Kier molecular flexibility index (Phi) is 6.09. The van der Waals surface area contributed by atoms with Crippen LogP contribution in [0.5, 0.6) is 11.5 Å². The molecule has 6 nitrogen and oxygen atoms in total. The zero-order valence-corrected chi connectivity index (χ0v) is 16.7. The lowest BCUT2D eigenvalue weighted by atomic mass is 10.2. The van der Waals surface area contributed by atoms with Crippen LogP contribution < -0.4 is 8.92 Å². The number of rotatable bonds is 6. The van der Waals surface area contributed by atoms with Gasteiger partial charge in [0.25, 0.3) is 0 Å². The number of carbonyl (C=O) groups is 1. The average Bonchev–Trinajstić information content (AvgIpc) is 2.54. The first-order valence-electron chi connectivity index (χ1n) is 7.44. The van der Waals surface area contributed by atoms with Gasteiger partial charge in [0.05, 0.1) is 11.6 Å². The number of carboxylic acids is 1. The minimum atomic E-state index is -4.08. The Morgan fingerprint density at radius 1 is 1.19 bits per heavy atom. The number of ether oxygens (including phenoxy) is 1. The van der Waals surface area contributed by atoms with E-state index in [-0.39, 0.29) is 16.4 Å². The first kappa shape index (κ1) is 20.0. The first-order valence-corrected chi connectivity index (χ1v) is 9.64. The van der Waals surface area contributed by atoms with Crippen molar-refractivity contribution in [3.05, 3.63) is 57.6 Å². The van der Waals surface area contributed by atoms with Gasteiger partial charge in [0.15, 0.2) is 11.5 Å². The van der Waals surface area contributed by atoms with Crippen molar-refractivity contribution in [1.82, 2.24) is 0 Å². The van der Waals surface area contributed by atoms with Crippen molar-refractivity contribution in [3.8, 4) is 11.5 Å². The highest BCUT2D eigenvalue weighted by Gasteiger charge is 2.23. The number of methoxy groups -OCH3 is 1. The molecule has 2 aromatic carbocycles. The molecule has 0 fully saturated rings. The van der Waals surface area contributed by atoms with E-state index >= 15 is 0 Å². The number of carboxylic acid groups (broad SMARTS) is 1. The van der Waals surface area contributed by atoms with Crippen LogP contribution in [0.4, 0.5) is 0 Å². The van der Waals surface area contributed by atoms with E-state index in [0.29, 0.717) is 15.6 Å². The standard InChI is InChI=1S/C18H17BrO6S/c1-11-4-6-16(12(2)8-11)26(22,23)25-18-14(19)9-13(5-7-17(20)21)10-15(18)24-3/h4-10H,1-3H3,(H,20,21)/b7-5+. The number of hydrogen-bond acceptors (Lipinski definition) is 5. The van der Waals surface area contributed by atoms with Crippen molar-refractivity contribution in [2.45, 2.75) is 18.7 Å². The van der Waals surface area contributed by atoms with Gasteiger partial charge >= 0.3 is 16.1 Å². The molecule has 0 spiro atoms. The maximum absolute atomic E-state index is 12.7. The van der Waals surface area contributed by atoms with Crippen molar-refractivity contribution < 1.29 is 27.2 Å². The largest absolute Gasteiger partial charge is 0.493 e. The first-order chi connectivity index (χ1) is 12.1. The molecule has 2 rings (SSSR count). The Morgan fingerprint density at radius 3 is 2.46 bits per heavy atom. The Hall–Kier alpha value is -2.32. The van der Waals surface area contributed by atoms with E-state index in [1.807, 2.05) is 6.92 Å². The third-order valence-corrected chi connectivity index (χ3v) is 5.43. The SMILES string of the molecule is COc1cc(/C=C/C(=O)O)cc(Br)c1OS(=O)(=O)c1ccc(C)cc1C. The topological polar surface area (TPSA) is 89.9 Å². The average molecular weight is 441 g/mol. The number of aliphatic carboxylic acids is 1. The highest BCUT2D eigenvalue weighted by Crippen LogP contribution is 2.39. The van der Waals surface area contributed by atoms with Crippen LogP contribution in [0.25, 0.3) is 6.08 Å². The van der Waals surface area contributed by atoms with E-state index < -0.39 is 16.1 Å². The van der Waals surface area contributed by atoms with E-state index in [0.717, 1.165) is 11.6 Å². The normalized spacial score (nSPS) is 11.5. The van der Waals surface area contributed by atoms with E-state index in [1.54, 1.807) is 19.1 Å². The van der Waals surface area contributed by atoms with E-state index in [9.17, 15) is 13.2 Å². The molecular weight excluding hydrogens is 424 g/mol. The summed E-state index contributed by atoms with van der Waals surface area (Å²) < 4.78 is 36.1. The predicted molar refractivity (Wildman–Crippen MR) is 101 cm³/mol. The molecule has 0 bridgehead atoms. The van der Waals surface area contributed by atoms with Crippen molar-refractivity contribution in [3.63, 3.8) is 0 Å². The van der Waals surface area contributed by atoms with Crippen LogP contribution in [0.1, 0.15) is 16.7 Å². The summed E-state index contributed by atoms with van der Waals surface area (Å²) in [6.07, 6.45) is 2.33. The summed E-state index contributed by atoms with van der Waals surface area (Å²) in [5.74, 6) is -0.962. The van der Waals surface area contributed by atoms with Gasteiger partial charge in [-0.15, -0.1) is 0 Å². The summed E-state index contributed by atoms with van der Waals surface area (Å²) in [5.41, 5.74) is 2.02. The lowest BCUT2D eigenvalue weighted by Gasteiger charge is -2.14. The van der Waals surface area contributed by atoms with Crippen molar-refractivity contribution >= 4 is 38.1 Å². The summed E-state index contributed by atoms with van der Waals surface area (Å²) in [6.45, 7) is 3.56. The monoisotopic (exact) mass is 440 g/mol. The Labute approximate surface area is 160 Å². The number of aryl methyl sites for hydroxylation is 2. The van der Waals surface area contributed by atoms with Gasteiger partial charge in [-0.05, 0) is 65.2 Å². The molecule has 0 radical (unpaired) electrons. The van der Waals surface area contributed by atoms with Crippen LogP contribution in [-0.4, -0.2) is 26.6 Å². The molecular formula is C18H17BrO6S. The van der Waals surface area contributed by atoms with Crippen LogP contribution in [0, 0.1) is 13.8 Å². The summed E-state index contributed by atoms with van der Waals surface area (Å²) >= 11 is 3.25. The fourth-order valence-electron chi connectivity index (χ4n) is 2.32. The van der Waals surface area contributed by atoms with E-state index in [1.165, 1.54) is 31.4 Å². The fraction of sp³-hybridized carbons (Fsp3) is 0.167. The molecule has 26 heavy (non-hydrogen) atoms. The maximum Gasteiger partial charge on any atom is 0.339 e. The summed E-state index contributed by atoms with van der Waals surface area (Å²) in [7, 11) is -2.71. The molecule has 0 unspecified atom stereocenters. The van der Waals surface area contributed by atoms with Crippen molar-refractivity contribution in [1.29, 1.82) is 0 Å². The number of halogens is 1. The third kappa shape index (κ3) is 4.64. The quantitative estimate of drug-likeness (QED) is 0.540. The zero-order valence-electron chi connectivity index (χ0n) is 14.3. The van der Waals surface area contributed by atoms with Crippen molar-refractivity contribution in [2.24, 2.45) is 0 Å². The van der Waals surface area contributed by atoms with Gasteiger partial charge < -0.3 is 14.0 Å². The zero-order chi connectivity index (χ0) is 19.5. The van der Waals surface area contributed by atoms with Gasteiger partial charge in [-0.1, -0.05) is 17.7 Å². The van der Waals surface area contributed by atoms with Gasteiger partial charge in [0.1, 0.15) is 4.90 Å². The summed E-state index contributed by atoms with van der Waals surface area (Å²) in [6, 6.07) is 7.95. The molecule has 0 aliphatic carbocycles. The Balaban J connectivity index is 2.46. The van der Waals surface area contributed by atoms with Gasteiger partial charge in [0.2, 0.25) is 0 Å². The third-order valence-electron chi connectivity index (χ3n) is 3.46. The highest BCUT2D eigenvalue weighted by atomic mass is 79.9. The molecule has 0 atom stereocenters. The lowest BCUT2D eigenvalue weighted by molar-refractivity contribution is -0.131. The molecule has 0 amide bonds.